The summed E-state index contributed by atoms with van der Waals surface area (Å²) in [5, 5.41) is 20.3. The van der Waals surface area contributed by atoms with Gasteiger partial charge >= 0.3 is 12.2 Å². The molecule has 2 amide bonds. The number of hydrogen-bond acceptors (Lipinski definition) is 4. The van der Waals surface area contributed by atoms with Crippen LogP contribution in [0.5, 0.6) is 5.75 Å². The Morgan fingerprint density at radius 2 is 1.91 bits per heavy atom. The van der Waals surface area contributed by atoms with Crippen LogP contribution in [0.3, 0.4) is 0 Å². The van der Waals surface area contributed by atoms with Gasteiger partial charge in [0.2, 0.25) is 0 Å². The Bertz CT molecular complexity index is 1250. The van der Waals surface area contributed by atoms with Crippen LogP contribution in [0.25, 0.3) is 11.3 Å². The number of alkyl halides is 3. The van der Waals surface area contributed by atoms with E-state index in [1.807, 2.05) is 6.92 Å². The summed E-state index contributed by atoms with van der Waals surface area (Å²) in [4.78, 5) is 25.1. The molecule has 0 atom stereocenters. The van der Waals surface area contributed by atoms with Crippen LogP contribution in [0.1, 0.15) is 60.1 Å². The molecular weight excluding hydrogens is 461 g/mol. The van der Waals surface area contributed by atoms with E-state index < -0.39 is 17.6 Å². The zero-order valence-electron chi connectivity index (χ0n) is 19.0. The number of anilines is 1. The molecule has 0 unspecified atom stereocenters. The van der Waals surface area contributed by atoms with Crippen LogP contribution in [-0.4, -0.2) is 33.4 Å². The number of carbonyl (C=O) groups excluding carboxylic acids is 2. The number of phenolic OH excluding ortho intramolecular Hbond substituents is 1. The summed E-state index contributed by atoms with van der Waals surface area (Å²) in [7, 11) is 0. The molecule has 10 heteroatoms. The Labute approximate surface area is 200 Å². The minimum Gasteiger partial charge on any atom is -0.507 e. The third-order valence-corrected chi connectivity index (χ3v) is 5.96. The first kappa shape index (κ1) is 24.3. The SMILES string of the molecule is CCCNC(=O)n1nc(-c2ccc(NC(=O)c3cccc(C(F)(F)F)c3)cc2O)cc1C1CCC1. The summed E-state index contributed by atoms with van der Waals surface area (Å²) in [6.45, 7) is 2.47. The van der Waals surface area contributed by atoms with E-state index in [2.05, 4.69) is 15.7 Å². The molecule has 35 heavy (non-hydrogen) atoms. The van der Waals surface area contributed by atoms with Crippen molar-refractivity contribution in [2.45, 2.75) is 44.7 Å². The molecule has 0 aliphatic heterocycles. The van der Waals surface area contributed by atoms with E-state index in [1.165, 1.54) is 28.9 Å². The van der Waals surface area contributed by atoms with E-state index in [0.717, 1.165) is 49.6 Å². The molecule has 0 radical (unpaired) electrons. The van der Waals surface area contributed by atoms with Crippen molar-refractivity contribution >= 4 is 17.6 Å². The van der Waals surface area contributed by atoms with Gasteiger partial charge in [0.05, 0.1) is 17.0 Å². The largest absolute Gasteiger partial charge is 0.507 e. The molecule has 1 saturated carbocycles. The average molecular weight is 486 g/mol. The minimum absolute atomic E-state index is 0.162. The van der Waals surface area contributed by atoms with Gasteiger partial charge in [-0.25, -0.2) is 4.79 Å². The summed E-state index contributed by atoms with van der Waals surface area (Å²) in [6.07, 6.45) is -0.789. The molecule has 184 valence electrons. The van der Waals surface area contributed by atoms with Gasteiger partial charge in [-0.3, -0.25) is 4.79 Å². The van der Waals surface area contributed by atoms with Crippen molar-refractivity contribution in [1.82, 2.24) is 15.1 Å². The molecule has 3 N–H and O–H groups in total. The molecule has 3 aromatic rings. The number of rotatable bonds is 6. The highest BCUT2D eigenvalue weighted by atomic mass is 19.4. The van der Waals surface area contributed by atoms with Crippen molar-refractivity contribution < 1.29 is 27.9 Å². The highest BCUT2D eigenvalue weighted by molar-refractivity contribution is 6.04. The number of nitrogens with zero attached hydrogens (tertiary/aromatic N) is 2. The maximum Gasteiger partial charge on any atom is 0.416 e. The molecule has 0 saturated heterocycles. The molecule has 2 aromatic carbocycles. The van der Waals surface area contributed by atoms with Crippen LogP contribution in [0.2, 0.25) is 0 Å². The van der Waals surface area contributed by atoms with Crippen LogP contribution in [0, 0.1) is 0 Å². The first-order valence-corrected chi connectivity index (χ1v) is 11.4. The number of phenols is 1. The maximum absolute atomic E-state index is 12.9. The molecule has 0 bridgehead atoms. The van der Waals surface area contributed by atoms with Crippen molar-refractivity contribution in [2.75, 3.05) is 11.9 Å². The Morgan fingerprint density at radius 3 is 2.54 bits per heavy atom. The standard InChI is InChI=1S/C25H25F3N4O3/c1-2-11-29-24(35)32-21(15-5-3-6-15)14-20(31-32)19-10-9-18(13-22(19)33)30-23(34)16-7-4-8-17(12-16)25(26,27)28/h4,7-10,12-15,33H,2-3,5-6,11H2,1H3,(H,29,35)(H,30,34). The van der Waals surface area contributed by atoms with Crippen LogP contribution in [0.15, 0.2) is 48.5 Å². The highest BCUT2D eigenvalue weighted by Gasteiger charge is 2.31. The lowest BCUT2D eigenvalue weighted by Crippen LogP contribution is -2.32. The molecule has 4 rings (SSSR count). The molecule has 1 aliphatic carbocycles. The number of halogens is 3. The number of benzene rings is 2. The van der Waals surface area contributed by atoms with E-state index in [9.17, 15) is 27.9 Å². The quantitative estimate of drug-likeness (QED) is 0.413. The van der Waals surface area contributed by atoms with Crippen molar-refractivity contribution in [3.8, 4) is 17.0 Å². The summed E-state index contributed by atoms with van der Waals surface area (Å²) < 4.78 is 40.2. The molecule has 0 spiro atoms. The zero-order valence-corrected chi connectivity index (χ0v) is 19.0. The van der Waals surface area contributed by atoms with Gasteiger partial charge in [0, 0.05) is 35.3 Å². The highest BCUT2D eigenvalue weighted by Crippen LogP contribution is 2.39. The van der Waals surface area contributed by atoms with E-state index in [-0.39, 0.29) is 28.9 Å². The Balaban J connectivity index is 1.56. The second-order valence-electron chi connectivity index (χ2n) is 8.49. The lowest BCUT2D eigenvalue weighted by molar-refractivity contribution is -0.137. The van der Waals surface area contributed by atoms with Gasteiger partial charge in [0.25, 0.3) is 5.91 Å². The molecule has 1 aromatic heterocycles. The van der Waals surface area contributed by atoms with E-state index in [0.29, 0.717) is 17.8 Å². The van der Waals surface area contributed by atoms with Crippen molar-refractivity contribution in [2.24, 2.45) is 0 Å². The lowest BCUT2D eigenvalue weighted by Gasteiger charge is -2.25. The number of amides is 2. The Morgan fingerprint density at radius 1 is 1.14 bits per heavy atom. The first-order valence-electron chi connectivity index (χ1n) is 11.4. The van der Waals surface area contributed by atoms with E-state index in [1.54, 1.807) is 6.07 Å². The number of aromatic hydroxyl groups is 1. The fourth-order valence-electron chi connectivity index (χ4n) is 3.86. The summed E-state index contributed by atoms with van der Waals surface area (Å²) in [6, 6.07) is 9.88. The van der Waals surface area contributed by atoms with Crippen molar-refractivity contribution in [3.05, 3.63) is 65.4 Å². The van der Waals surface area contributed by atoms with Crippen LogP contribution in [0.4, 0.5) is 23.7 Å². The second kappa shape index (κ2) is 9.81. The molecule has 1 fully saturated rings. The molecular formula is C25H25F3N4O3. The summed E-state index contributed by atoms with van der Waals surface area (Å²) in [5.74, 6) is -0.713. The van der Waals surface area contributed by atoms with Gasteiger partial charge in [-0.1, -0.05) is 19.4 Å². The second-order valence-corrected chi connectivity index (χ2v) is 8.49. The number of carbonyl (C=O) groups is 2. The van der Waals surface area contributed by atoms with Crippen LogP contribution < -0.4 is 10.6 Å². The molecule has 1 aliphatic rings. The average Bonchev–Trinajstić information content (AvgIpc) is 3.20. The fraction of sp³-hybridized carbons (Fsp3) is 0.320. The smallest absolute Gasteiger partial charge is 0.416 e. The zero-order chi connectivity index (χ0) is 25.2. The van der Waals surface area contributed by atoms with E-state index >= 15 is 0 Å². The molecule has 7 nitrogen and oxygen atoms in total. The third kappa shape index (κ3) is 5.31. The normalized spacial score (nSPS) is 13.8. The third-order valence-electron chi connectivity index (χ3n) is 5.96. The van der Waals surface area contributed by atoms with Gasteiger partial charge in [0.1, 0.15) is 5.75 Å². The molecule has 1 heterocycles. The predicted molar refractivity (Wildman–Crippen MR) is 124 cm³/mol. The monoisotopic (exact) mass is 486 g/mol. The van der Waals surface area contributed by atoms with Gasteiger partial charge in [0.15, 0.2) is 0 Å². The predicted octanol–water partition coefficient (Wildman–Crippen LogP) is 5.76. The van der Waals surface area contributed by atoms with Gasteiger partial charge < -0.3 is 15.7 Å². The number of hydrogen-bond donors (Lipinski definition) is 3. The Kier molecular flexibility index (Phi) is 6.81. The van der Waals surface area contributed by atoms with Crippen LogP contribution >= 0.6 is 0 Å². The van der Waals surface area contributed by atoms with Gasteiger partial charge in [-0.05, 0) is 55.7 Å². The topological polar surface area (TPSA) is 96.3 Å². The summed E-state index contributed by atoms with van der Waals surface area (Å²) >= 11 is 0. The minimum atomic E-state index is -4.56. The van der Waals surface area contributed by atoms with Crippen LogP contribution in [-0.2, 0) is 6.18 Å². The van der Waals surface area contributed by atoms with Gasteiger partial charge in [-0.2, -0.15) is 23.0 Å². The van der Waals surface area contributed by atoms with Gasteiger partial charge in [-0.15, -0.1) is 0 Å². The number of aromatic nitrogens is 2. The summed E-state index contributed by atoms with van der Waals surface area (Å²) in [5.41, 5.74) is 0.667. The maximum atomic E-state index is 12.9. The van der Waals surface area contributed by atoms with Crippen molar-refractivity contribution in [1.29, 1.82) is 0 Å². The number of nitrogens with one attached hydrogen (secondary N) is 2. The fourth-order valence-corrected chi connectivity index (χ4v) is 3.86. The Hall–Kier alpha value is -3.82. The lowest BCUT2D eigenvalue weighted by atomic mass is 9.82. The first-order chi connectivity index (χ1) is 16.7. The van der Waals surface area contributed by atoms with Crippen molar-refractivity contribution in [3.63, 3.8) is 0 Å². The van der Waals surface area contributed by atoms with E-state index in [4.69, 9.17) is 0 Å².